The van der Waals surface area contributed by atoms with Crippen molar-refractivity contribution in [2.45, 2.75) is 50.6 Å². The summed E-state index contributed by atoms with van der Waals surface area (Å²) in [4.78, 5) is 14.8. The minimum Gasteiger partial charge on any atom is -0.497 e. The lowest BCUT2D eigenvalue weighted by Gasteiger charge is -2.25. The van der Waals surface area contributed by atoms with E-state index in [1.807, 2.05) is 27.9 Å². The molecule has 7 heteroatoms. The largest absolute Gasteiger partial charge is 0.497 e. The number of nitrogens with zero attached hydrogens (tertiary/aromatic N) is 4. The van der Waals surface area contributed by atoms with Gasteiger partial charge in [-0.1, -0.05) is 17.3 Å². The van der Waals surface area contributed by atoms with Crippen molar-refractivity contribution >= 4 is 5.91 Å². The second-order valence-corrected chi connectivity index (χ2v) is 8.11. The van der Waals surface area contributed by atoms with Crippen LogP contribution in [0, 0.1) is 5.92 Å². The van der Waals surface area contributed by atoms with E-state index in [1.54, 1.807) is 7.11 Å². The molecule has 150 valence electrons. The summed E-state index contributed by atoms with van der Waals surface area (Å²) in [6.07, 6.45) is 7.84. The standard InChI is InChI=1S/C21H29N5O2/c1-28-19-8-2-15(3-9-19)12-16-10-11-25(13-16)21(27)20-14-26(24-23-20)18-6-4-17(22)5-7-18/h2-3,8-9,14,16-18H,4-7,10-13,22H2,1H3. The summed E-state index contributed by atoms with van der Waals surface area (Å²) < 4.78 is 7.08. The highest BCUT2D eigenvalue weighted by molar-refractivity contribution is 5.92. The predicted octanol–water partition coefficient (Wildman–Crippen LogP) is 2.43. The van der Waals surface area contributed by atoms with Crippen LogP contribution in [-0.2, 0) is 6.42 Å². The van der Waals surface area contributed by atoms with Crippen molar-refractivity contribution < 1.29 is 9.53 Å². The molecule has 2 fully saturated rings. The summed E-state index contributed by atoms with van der Waals surface area (Å²) in [6.45, 7) is 1.56. The zero-order valence-electron chi connectivity index (χ0n) is 16.5. The van der Waals surface area contributed by atoms with Gasteiger partial charge in [-0.15, -0.1) is 5.10 Å². The summed E-state index contributed by atoms with van der Waals surface area (Å²) >= 11 is 0. The van der Waals surface area contributed by atoms with Crippen LogP contribution in [0.15, 0.2) is 30.5 Å². The summed E-state index contributed by atoms with van der Waals surface area (Å²) in [7, 11) is 1.68. The molecule has 1 atom stereocenters. The van der Waals surface area contributed by atoms with Crippen molar-refractivity contribution in [3.63, 3.8) is 0 Å². The minimum atomic E-state index is -0.00371. The molecule has 1 aromatic heterocycles. The van der Waals surface area contributed by atoms with E-state index in [0.717, 1.165) is 57.4 Å². The lowest BCUT2D eigenvalue weighted by atomic mass is 9.92. The zero-order valence-corrected chi connectivity index (χ0v) is 16.5. The third-order valence-corrected chi connectivity index (χ3v) is 6.10. The van der Waals surface area contributed by atoms with Crippen LogP contribution in [0.1, 0.15) is 54.2 Å². The van der Waals surface area contributed by atoms with Gasteiger partial charge in [-0.2, -0.15) is 0 Å². The number of benzene rings is 1. The molecule has 0 spiro atoms. The molecule has 0 bridgehead atoms. The highest BCUT2D eigenvalue weighted by atomic mass is 16.5. The van der Waals surface area contributed by atoms with Gasteiger partial charge in [-0.05, 0) is 62.1 Å². The Kier molecular flexibility index (Phi) is 5.62. The van der Waals surface area contributed by atoms with E-state index in [-0.39, 0.29) is 5.91 Å². The number of likely N-dealkylation sites (tertiary alicyclic amines) is 1. The minimum absolute atomic E-state index is 0.00371. The van der Waals surface area contributed by atoms with Crippen molar-refractivity contribution in [1.29, 1.82) is 0 Å². The second-order valence-electron chi connectivity index (χ2n) is 8.11. The van der Waals surface area contributed by atoms with Crippen LogP contribution in [0.2, 0.25) is 0 Å². The Bertz CT molecular complexity index is 795. The monoisotopic (exact) mass is 383 g/mol. The molecule has 1 saturated heterocycles. The Morgan fingerprint density at radius 1 is 1.18 bits per heavy atom. The van der Waals surface area contributed by atoms with Crippen LogP contribution in [0.4, 0.5) is 0 Å². The van der Waals surface area contributed by atoms with E-state index in [2.05, 4.69) is 22.4 Å². The highest BCUT2D eigenvalue weighted by Gasteiger charge is 2.29. The molecule has 1 aliphatic carbocycles. The van der Waals surface area contributed by atoms with Gasteiger partial charge in [0.05, 0.1) is 19.3 Å². The summed E-state index contributed by atoms with van der Waals surface area (Å²) in [5.74, 6) is 1.35. The number of hydrogen-bond donors (Lipinski definition) is 1. The summed E-state index contributed by atoms with van der Waals surface area (Å²) in [5.41, 5.74) is 7.72. The van der Waals surface area contributed by atoms with E-state index < -0.39 is 0 Å². The highest BCUT2D eigenvalue weighted by Crippen LogP contribution is 2.27. The van der Waals surface area contributed by atoms with Gasteiger partial charge in [0.25, 0.3) is 5.91 Å². The number of carbonyl (C=O) groups is 1. The van der Waals surface area contributed by atoms with Gasteiger partial charge in [0.15, 0.2) is 5.69 Å². The van der Waals surface area contributed by atoms with Gasteiger partial charge in [-0.25, -0.2) is 4.68 Å². The van der Waals surface area contributed by atoms with Crippen molar-refractivity contribution in [3.05, 3.63) is 41.7 Å². The number of amides is 1. The first-order valence-corrected chi connectivity index (χ1v) is 10.2. The zero-order chi connectivity index (χ0) is 19.5. The van der Waals surface area contributed by atoms with Gasteiger partial charge in [0, 0.05) is 19.1 Å². The molecule has 1 saturated carbocycles. The van der Waals surface area contributed by atoms with Crippen LogP contribution in [0.5, 0.6) is 5.75 Å². The predicted molar refractivity (Wildman–Crippen MR) is 106 cm³/mol. The summed E-state index contributed by atoms with van der Waals surface area (Å²) in [5, 5.41) is 8.39. The van der Waals surface area contributed by atoms with Crippen molar-refractivity contribution in [2.75, 3.05) is 20.2 Å². The SMILES string of the molecule is COc1ccc(CC2CCN(C(=O)c3cn(C4CCC(N)CC4)nn3)C2)cc1. The van der Waals surface area contributed by atoms with E-state index in [9.17, 15) is 4.79 Å². The molecule has 28 heavy (non-hydrogen) atoms. The molecule has 4 rings (SSSR count). The first kappa shape index (κ1) is 18.9. The molecule has 1 amide bonds. The van der Waals surface area contributed by atoms with Crippen LogP contribution in [0.3, 0.4) is 0 Å². The van der Waals surface area contributed by atoms with Gasteiger partial charge in [-0.3, -0.25) is 4.79 Å². The number of rotatable bonds is 5. The Hall–Kier alpha value is -2.41. The molecule has 2 N–H and O–H groups in total. The Labute approximate surface area is 165 Å². The van der Waals surface area contributed by atoms with Gasteiger partial charge < -0.3 is 15.4 Å². The molecule has 2 aromatic rings. The molecule has 2 heterocycles. The van der Waals surface area contributed by atoms with Crippen LogP contribution in [-0.4, -0.2) is 52.0 Å². The van der Waals surface area contributed by atoms with E-state index in [1.165, 1.54) is 5.56 Å². The molecular formula is C21H29N5O2. The van der Waals surface area contributed by atoms with Gasteiger partial charge >= 0.3 is 0 Å². The lowest BCUT2D eigenvalue weighted by Crippen LogP contribution is -2.29. The molecule has 1 aliphatic heterocycles. The fourth-order valence-corrected chi connectivity index (χ4v) is 4.36. The molecule has 7 nitrogen and oxygen atoms in total. The van der Waals surface area contributed by atoms with Crippen LogP contribution >= 0.6 is 0 Å². The third-order valence-electron chi connectivity index (χ3n) is 6.10. The molecule has 1 unspecified atom stereocenters. The quantitative estimate of drug-likeness (QED) is 0.857. The number of hydrogen-bond acceptors (Lipinski definition) is 5. The molecular weight excluding hydrogens is 354 g/mol. The Balaban J connectivity index is 1.33. The fraction of sp³-hybridized carbons (Fsp3) is 0.571. The van der Waals surface area contributed by atoms with E-state index in [0.29, 0.717) is 23.7 Å². The first-order chi connectivity index (χ1) is 13.6. The summed E-state index contributed by atoms with van der Waals surface area (Å²) in [6, 6.07) is 8.80. The third kappa shape index (κ3) is 4.19. The molecule has 1 aromatic carbocycles. The maximum Gasteiger partial charge on any atom is 0.276 e. The van der Waals surface area contributed by atoms with Gasteiger partial charge in [0.1, 0.15) is 5.75 Å². The molecule has 2 aliphatic rings. The van der Waals surface area contributed by atoms with Crippen LogP contribution < -0.4 is 10.5 Å². The number of carbonyl (C=O) groups excluding carboxylic acids is 1. The van der Waals surface area contributed by atoms with Crippen molar-refractivity contribution in [2.24, 2.45) is 11.7 Å². The molecule has 0 radical (unpaired) electrons. The van der Waals surface area contributed by atoms with Crippen molar-refractivity contribution in [1.82, 2.24) is 19.9 Å². The Morgan fingerprint density at radius 3 is 2.64 bits per heavy atom. The fourth-order valence-electron chi connectivity index (χ4n) is 4.36. The smallest absolute Gasteiger partial charge is 0.276 e. The maximum atomic E-state index is 12.9. The maximum absolute atomic E-state index is 12.9. The average molecular weight is 383 g/mol. The topological polar surface area (TPSA) is 86.3 Å². The number of methoxy groups -OCH3 is 1. The van der Waals surface area contributed by atoms with Crippen molar-refractivity contribution in [3.8, 4) is 5.75 Å². The first-order valence-electron chi connectivity index (χ1n) is 10.2. The Morgan fingerprint density at radius 2 is 1.93 bits per heavy atom. The number of nitrogens with two attached hydrogens (primary N) is 1. The van der Waals surface area contributed by atoms with E-state index in [4.69, 9.17) is 10.5 Å². The normalized spacial score (nSPS) is 25.1. The number of aromatic nitrogens is 3. The van der Waals surface area contributed by atoms with Gasteiger partial charge in [0.2, 0.25) is 0 Å². The number of ether oxygens (including phenoxy) is 1. The average Bonchev–Trinajstić information content (AvgIpc) is 3.39. The lowest BCUT2D eigenvalue weighted by molar-refractivity contribution is 0.0781. The second kappa shape index (κ2) is 8.31. The van der Waals surface area contributed by atoms with Crippen LogP contribution in [0.25, 0.3) is 0 Å². The van der Waals surface area contributed by atoms with E-state index >= 15 is 0 Å².